The lowest BCUT2D eigenvalue weighted by atomic mass is 9.89. The maximum absolute atomic E-state index is 10.4. The number of rotatable bonds is 4. The maximum Gasteiger partial charge on any atom is 0.113 e. The molecule has 150 valence electrons. The van der Waals surface area contributed by atoms with Crippen molar-refractivity contribution in [2.24, 2.45) is 0 Å². The first kappa shape index (κ1) is 19.8. The largest absolute Gasteiger partial charge is 0.394 e. The molecule has 1 fully saturated rings. The number of aliphatic hydroxyl groups excluding tert-OH is 4. The van der Waals surface area contributed by atoms with E-state index < -0.39 is 37.1 Å². The number of ether oxygens (including phenoxy) is 2. The SMILES string of the molecule is CSc1ccc(C2OCc3ccc([C@@H]4O[C@H](CO)[C@@H](O)[C@H](O)[C@H]4O)cc32)cc1. The molecule has 2 aromatic carbocycles. The zero-order valence-electron chi connectivity index (χ0n) is 15.4. The summed E-state index contributed by atoms with van der Waals surface area (Å²) >= 11 is 1.68. The van der Waals surface area contributed by atoms with E-state index in [9.17, 15) is 20.4 Å². The summed E-state index contributed by atoms with van der Waals surface area (Å²) < 4.78 is 11.7. The van der Waals surface area contributed by atoms with Crippen molar-refractivity contribution in [2.75, 3.05) is 12.9 Å². The summed E-state index contributed by atoms with van der Waals surface area (Å²) in [5.74, 6) is 0. The zero-order chi connectivity index (χ0) is 19.8. The molecule has 6 nitrogen and oxygen atoms in total. The summed E-state index contributed by atoms with van der Waals surface area (Å²) in [5, 5.41) is 39.9. The van der Waals surface area contributed by atoms with E-state index in [-0.39, 0.29) is 6.10 Å². The fourth-order valence-corrected chi connectivity index (χ4v) is 4.27. The van der Waals surface area contributed by atoms with Crippen LogP contribution in [0.1, 0.15) is 34.5 Å². The molecule has 2 aromatic rings. The molecule has 0 spiro atoms. The number of hydrogen-bond donors (Lipinski definition) is 4. The van der Waals surface area contributed by atoms with E-state index in [0.29, 0.717) is 12.2 Å². The van der Waals surface area contributed by atoms with Gasteiger partial charge in [0.1, 0.15) is 36.6 Å². The molecule has 7 heteroatoms. The summed E-state index contributed by atoms with van der Waals surface area (Å²) in [5.41, 5.74) is 3.77. The molecule has 1 saturated heterocycles. The molecule has 2 heterocycles. The molecule has 4 rings (SSSR count). The van der Waals surface area contributed by atoms with Crippen LogP contribution in [0.2, 0.25) is 0 Å². The third-order valence-electron chi connectivity index (χ3n) is 5.50. The number of hydrogen-bond acceptors (Lipinski definition) is 7. The Morgan fingerprint density at radius 3 is 2.36 bits per heavy atom. The minimum atomic E-state index is -1.39. The van der Waals surface area contributed by atoms with Crippen molar-refractivity contribution in [3.05, 3.63) is 64.7 Å². The second kappa shape index (κ2) is 8.12. The van der Waals surface area contributed by atoms with Crippen molar-refractivity contribution >= 4 is 11.8 Å². The Bertz CT molecular complexity index is 824. The average Bonchev–Trinajstić information content (AvgIpc) is 3.15. The molecule has 0 aliphatic carbocycles. The first-order valence-corrected chi connectivity index (χ1v) is 10.4. The van der Waals surface area contributed by atoms with Gasteiger partial charge < -0.3 is 29.9 Å². The third-order valence-corrected chi connectivity index (χ3v) is 6.24. The van der Waals surface area contributed by atoms with Gasteiger partial charge >= 0.3 is 0 Å². The van der Waals surface area contributed by atoms with E-state index in [1.165, 1.54) is 4.90 Å². The van der Waals surface area contributed by atoms with Gasteiger partial charge in [0.05, 0.1) is 13.2 Å². The first-order valence-electron chi connectivity index (χ1n) is 9.22. The van der Waals surface area contributed by atoms with Crippen LogP contribution in [0.15, 0.2) is 47.4 Å². The highest BCUT2D eigenvalue weighted by atomic mass is 32.2. The zero-order valence-corrected chi connectivity index (χ0v) is 16.2. The van der Waals surface area contributed by atoms with Crippen LogP contribution in [0.5, 0.6) is 0 Å². The normalized spacial score (nSPS) is 32.3. The summed E-state index contributed by atoms with van der Waals surface area (Å²) in [7, 11) is 0. The quantitative estimate of drug-likeness (QED) is 0.574. The van der Waals surface area contributed by atoms with Gasteiger partial charge in [0.15, 0.2) is 0 Å². The lowest BCUT2D eigenvalue weighted by Crippen LogP contribution is -2.55. The second-order valence-corrected chi connectivity index (χ2v) is 8.05. The predicted molar refractivity (Wildman–Crippen MR) is 104 cm³/mol. The predicted octanol–water partition coefficient (Wildman–Crippen LogP) is 1.54. The summed E-state index contributed by atoms with van der Waals surface area (Å²) in [4.78, 5) is 1.18. The molecule has 2 aliphatic rings. The molecule has 0 saturated carbocycles. The van der Waals surface area contributed by atoms with Crippen molar-refractivity contribution in [2.45, 2.75) is 48.1 Å². The van der Waals surface area contributed by atoms with Crippen molar-refractivity contribution in [3.63, 3.8) is 0 Å². The molecule has 0 aromatic heterocycles. The lowest BCUT2D eigenvalue weighted by molar-refractivity contribution is -0.231. The molecule has 0 radical (unpaired) electrons. The Kier molecular flexibility index (Phi) is 5.76. The van der Waals surface area contributed by atoms with Crippen molar-refractivity contribution in [1.29, 1.82) is 0 Å². The third kappa shape index (κ3) is 3.48. The van der Waals surface area contributed by atoms with Crippen LogP contribution >= 0.6 is 11.8 Å². The minimum Gasteiger partial charge on any atom is -0.394 e. The van der Waals surface area contributed by atoms with Crippen LogP contribution in [-0.2, 0) is 16.1 Å². The van der Waals surface area contributed by atoms with E-state index in [1.54, 1.807) is 11.8 Å². The Balaban J connectivity index is 1.64. The Labute approximate surface area is 167 Å². The standard InChI is InChI=1S/C21H24O6S/c1-28-14-6-4-11(5-7-14)20-15-8-12(2-3-13(15)10-26-20)21-19(25)18(24)17(23)16(9-22)27-21/h2-8,16-25H,9-10H2,1H3/t16-,17-,18+,19-,20?,21+/m1/s1. The summed E-state index contributed by atoms with van der Waals surface area (Å²) in [6.45, 7) is 0.0547. The van der Waals surface area contributed by atoms with Gasteiger partial charge in [0.2, 0.25) is 0 Å². The van der Waals surface area contributed by atoms with E-state index in [4.69, 9.17) is 9.47 Å². The molecule has 4 N–H and O–H groups in total. The fourth-order valence-electron chi connectivity index (χ4n) is 3.86. The number of fused-ring (bicyclic) bond motifs is 1. The highest BCUT2D eigenvalue weighted by molar-refractivity contribution is 7.98. The molecule has 1 unspecified atom stereocenters. The lowest BCUT2D eigenvalue weighted by Gasteiger charge is -2.40. The molecule has 0 amide bonds. The second-order valence-electron chi connectivity index (χ2n) is 7.17. The van der Waals surface area contributed by atoms with Crippen LogP contribution in [0.4, 0.5) is 0 Å². The Morgan fingerprint density at radius 2 is 1.68 bits per heavy atom. The van der Waals surface area contributed by atoms with E-state index >= 15 is 0 Å². The van der Waals surface area contributed by atoms with Gasteiger partial charge in [-0.3, -0.25) is 0 Å². The number of thioether (sulfide) groups is 1. The van der Waals surface area contributed by atoms with Crippen molar-refractivity contribution in [1.82, 2.24) is 0 Å². The first-order chi connectivity index (χ1) is 13.5. The molecule has 6 atom stereocenters. The average molecular weight is 404 g/mol. The number of aliphatic hydroxyl groups is 4. The van der Waals surface area contributed by atoms with Crippen molar-refractivity contribution in [3.8, 4) is 0 Å². The topological polar surface area (TPSA) is 99.4 Å². The van der Waals surface area contributed by atoms with Crippen LogP contribution in [-0.4, -0.2) is 57.7 Å². The van der Waals surface area contributed by atoms with Crippen molar-refractivity contribution < 1.29 is 29.9 Å². The van der Waals surface area contributed by atoms with Crippen LogP contribution in [0.25, 0.3) is 0 Å². The molecule has 0 bridgehead atoms. The molecule has 2 aliphatic heterocycles. The van der Waals surface area contributed by atoms with Crippen LogP contribution < -0.4 is 0 Å². The van der Waals surface area contributed by atoms with Gasteiger partial charge in [-0.15, -0.1) is 11.8 Å². The van der Waals surface area contributed by atoms with Gasteiger partial charge in [-0.05, 0) is 46.7 Å². The summed E-state index contributed by atoms with van der Waals surface area (Å²) in [6, 6.07) is 13.9. The van der Waals surface area contributed by atoms with Crippen LogP contribution in [0, 0.1) is 0 Å². The van der Waals surface area contributed by atoms with E-state index in [0.717, 1.165) is 16.7 Å². The maximum atomic E-state index is 10.4. The smallest absolute Gasteiger partial charge is 0.113 e. The van der Waals surface area contributed by atoms with E-state index in [1.807, 2.05) is 36.6 Å². The highest BCUT2D eigenvalue weighted by Gasteiger charge is 2.44. The van der Waals surface area contributed by atoms with Gasteiger partial charge in [-0.2, -0.15) is 0 Å². The van der Waals surface area contributed by atoms with Gasteiger partial charge in [0, 0.05) is 4.90 Å². The number of benzene rings is 2. The fraction of sp³-hybridized carbons (Fsp3) is 0.429. The summed E-state index contributed by atoms with van der Waals surface area (Å²) in [6.07, 6.45) is -4.01. The van der Waals surface area contributed by atoms with Gasteiger partial charge in [-0.25, -0.2) is 0 Å². The highest BCUT2D eigenvalue weighted by Crippen LogP contribution is 2.40. The molecular formula is C21H24O6S. The monoisotopic (exact) mass is 404 g/mol. The van der Waals surface area contributed by atoms with E-state index in [2.05, 4.69) is 12.1 Å². The molecular weight excluding hydrogens is 380 g/mol. The van der Waals surface area contributed by atoms with Crippen LogP contribution in [0.3, 0.4) is 0 Å². The Hall–Kier alpha value is -1.45. The minimum absolute atomic E-state index is 0.212. The Morgan fingerprint density at radius 1 is 0.964 bits per heavy atom. The van der Waals surface area contributed by atoms with Gasteiger partial charge in [-0.1, -0.05) is 24.3 Å². The van der Waals surface area contributed by atoms with Gasteiger partial charge in [0.25, 0.3) is 0 Å². The molecule has 28 heavy (non-hydrogen) atoms.